The van der Waals surface area contributed by atoms with Gasteiger partial charge in [0, 0.05) is 24.0 Å². The summed E-state index contributed by atoms with van der Waals surface area (Å²) in [6.07, 6.45) is 10.1. The molecule has 4 heteroatoms. The molecule has 2 fully saturated rings. The van der Waals surface area contributed by atoms with Gasteiger partial charge in [-0.3, -0.25) is 0 Å². The van der Waals surface area contributed by atoms with Gasteiger partial charge in [0.2, 0.25) is 0 Å². The van der Waals surface area contributed by atoms with Gasteiger partial charge in [0.1, 0.15) is 0 Å². The van der Waals surface area contributed by atoms with Gasteiger partial charge in [-0.25, -0.2) is 4.98 Å². The molecular formula is C17H29N3S. The van der Waals surface area contributed by atoms with Crippen molar-refractivity contribution >= 4 is 16.5 Å². The quantitative estimate of drug-likeness (QED) is 0.903. The predicted molar refractivity (Wildman–Crippen MR) is 91.3 cm³/mol. The van der Waals surface area contributed by atoms with Crippen molar-refractivity contribution in [3.8, 4) is 0 Å². The Bertz CT molecular complexity index is 466. The van der Waals surface area contributed by atoms with Crippen molar-refractivity contribution < 1.29 is 0 Å². The Kier molecular flexibility index (Phi) is 4.55. The third kappa shape index (κ3) is 3.11. The molecule has 1 saturated carbocycles. The Morgan fingerprint density at radius 3 is 2.43 bits per heavy atom. The van der Waals surface area contributed by atoms with Crippen molar-refractivity contribution in [3.63, 3.8) is 0 Å². The van der Waals surface area contributed by atoms with Crippen LogP contribution in [0.3, 0.4) is 0 Å². The van der Waals surface area contributed by atoms with E-state index in [2.05, 4.69) is 24.1 Å². The molecule has 1 aromatic rings. The van der Waals surface area contributed by atoms with Gasteiger partial charge >= 0.3 is 0 Å². The second-order valence-corrected chi connectivity index (χ2v) is 8.01. The van der Waals surface area contributed by atoms with Crippen LogP contribution in [0.1, 0.15) is 68.5 Å². The molecule has 21 heavy (non-hydrogen) atoms. The minimum atomic E-state index is 0.408. The Labute approximate surface area is 133 Å². The summed E-state index contributed by atoms with van der Waals surface area (Å²) in [4.78, 5) is 8.77. The molecule has 1 aromatic heterocycles. The topological polar surface area (TPSA) is 28.2 Å². The normalized spacial score (nSPS) is 23.5. The van der Waals surface area contributed by atoms with Crippen LogP contribution in [0.15, 0.2) is 0 Å². The highest BCUT2D eigenvalue weighted by molar-refractivity contribution is 7.15. The molecule has 3 nitrogen and oxygen atoms in total. The summed E-state index contributed by atoms with van der Waals surface area (Å²) in [7, 11) is 2.03. The number of hydrogen-bond acceptors (Lipinski definition) is 4. The summed E-state index contributed by atoms with van der Waals surface area (Å²) in [5.74, 6) is 0. The molecular weight excluding hydrogens is 278 g/mol. The fraction of sp³-hybridized carbons (Fsp3) is 0.824. The van der Waals surface area contributed by atoms with Crippen LogP contribution < -0.4 is 10.2 Å². The third-order valence-electron chi connectivity index (χ3n) is 5.66. The molecule has 0 bridgehead atoms. The number of aryl methyl sites for hydroxylation is 1. The molecule has 118 valence electrons. The largest absolute Gasteiger partial charge is 0.348 e. The lowest BCUT2D eigenvalue weighted by atomic mass is 9.68. The fourth-order valence-electron chi connectivity index (χ4n) is 4.04. The summed E-state index contributed by atoms with van der Waals surface area (Å²) in [6.45, 7) is 6.79. The summed E-state index contributed by atoms with van der Waals surface area (Å²) >= 11 is 1.89. The highest BCUT2D eigenvalue weighted by atomic mass is 32.1. The first-order valence-electron chi connectivity index (χ1n) is 8.53. The van der Waals surface area contributed by atoms with Gasteiger partial charge in [0.25, 0.3) is 0 Å². The first-order valence-corrected chi connectivity index (χ1v) is 9.35. The van der Waals surface area contributed by atoms with Crippen LogP contribution in [-0.2, 0) is 0 Å². The molecule has 1 atom stereocenters. The van der Waals surface area contributed by atoms with Gasteiger partial charge in [-0.05, 0) is 52.0 Å². The van der Waals surface area contributed by atoms with E-state index in [1.54, 1.807) is 0 Å². The zero-order chi connectivity index (χ0) is 14.9. The SMILES string of the molecule is CNC(C)c1sc(N2CCC3(CCCCC3)CC2)nc1C. The van der Waals surface area contributed by atoms with Crippen molar-refractivity contribution in [2.45, 2.75) is 64.8 Å². The molecule has 0 amide bonds. The van der Waals surface area contributed by atoms with Crippen molar-refractivity contribution in [1.82, 2.24) is 10.3 Å². The maximum atomic E-state index is 4.84. The smallest absolute Gasteiger partial charge is 0.185 e. The lowest BCUT2D eigenvalue weighted by molar-refractivity contribution is 0.144. The summed E-state index contributed by atoms with van der Waals surface area (Å²) < 4.78 is 0. The number of piperidine rings is 1. The number of hydrogen-bond donors (Lipinski definition) is 1. The Morgan fingerprint density at radius 2 is 1.81 bits per heavy atom. The minimum Gasteiger partial charge on any atom is -0.348 e. The highest BCUT2D eigenvalue weighted by Gasteiger charge is 2.36. The van der Waals surface area contributed by atoms with Crippen molar-refractivity contribution in [3.05, 3.63) is 10.6 Å². The van der Waals surface area contributed by atoms with E-state index in [1.807, 2.05) is 18.4 Å². The van der Waals surface area contributed by atoms with Crippen molar-refractivity contribution in [1.29, 1.82) is 0 Å². The van der Waals surface area contributed by atoms with E-state index >= 15 is 0 Å². The minimum absolute atomic E-state index is 0.408. The van der Waals surface area contributed by atoms with E-state index < -0.39 is 0 Å². The zero-order valence-corrected chi connectivity index (χ0v) is 14.6. The van der Waals surface area contributed by atoms with Crippen LogP contribution in [0, 0.1) is 12.3 Å². The second kappa shape index (κ2) is 6.25. The molecule has 1 aliphatic heterocycles. The Balaban J connectivity index is 1.66. The van der Waals surface area contributed by atoms with E-state index in [1.165, 1.54) is 73.7 Å². The van der Waals surface area contributed by atoms with Crippen LogP contribution >= 0.6 is 11.3 Å². The lowest BCUT2D eigenvalue weighted by Crippen LogP contribution is -2.41. The summed E-state index contributed by atoms with van der Waals surface area (Å²) in [6, 6.07) is 0.408. The molecule has 1 N–H and O–H groups in total. The van der Waals surface area contributed by atoms with E-state index in [4.69, 9.17) is 4.98 Å². The van der Waals surface area contributed by atoms with Gasteiger partial charge in [-0.2, -0.15) is 0 Å². The van der Waals surface area contributed by atoms with Gasteiger partial charge < -0.3 is 10.2 Å². The summed E-state index contributed by atoms with van der Waals surface area (Å²) in [5, 5.41) is 4.58. The van der Waals surface area contributed by atoms with Gasteiger partial charge in [0.05, 0.1) is 5.69 Å². The zero-order valence-electron chi connectivity index (χ0n) is 13.7. The van der Waals surface area contributed by atoms with E-state index in [0.717, 1.165) is 0 Å². The average molecular weight is 308 g/mol. The molecule has 3 rings (SSSR count). The number of nitrogens with zero attached hydrogens (tertiary/aromatic N) is 2. The first kappa shape index (κ1) is 15.3. The van der Waals surface area contributed by atoms with Crippen LogP contribution in [0.25, 0.3) is 0 Å². The monoisotopic (exact) mass is 307 g/mol. The average Bonchev–Trinajstić information content (AvgIpc) is 2.90. The second-order valence-electron chi connectivity index (χ2n) is 7.00. The number of nitrogens with one attached hydrogen (secondary N) is 1. The maximum absolute atomic E-state index is 4.84. The fourth-order valence-corrected chi connectivity index (χ4v) is 5.21. The van der Waals surface area contributed by atoms with Crippen LogP contribution in [0.2, 0.25) is 0 Å². The van der Waals surface area contributed by atoms with Crippen LogP contribution in [0.5, 0.6) is 0 Å². The molecule has 1 saturated heterocycles. The third-order valence-corrected chi connectivity index (χ3v) is 7.06. The van der Waals surface area contributed by atoms with Crippen LogP contribution in [0.4, 0.5) is 5.13 Å². The Morgan fingerprint density at radius 1 is 1.14 bits per heavy atom. The lowest BCUT2D eigenvalue weighted by Gasteiger charge is -2.44. The Hall–Kier alpha value is -0.610. The van der Waals surface area contributed by atoms with Crippen LogP contribution in [-0.4, -0.2) is 25.1 Å². The van der Waals surface area contributed by atoms with E-state index in [-0.39, 0.29) is 0 Å². The van der Waals surface area contributed by atoms with Gasteiger partial charge in [-0.15, -0.1) is 11.3 Å². The number of thiazole rings is 1. The maximum Gasteiger partial charge on any atom is 0.185 e. The first-order chi connectivity index (χ1) is 10.1. The molecule has 1 spiro atoms. The number of rotatable bonds is 3. The molecule has 0 radical (unpaired) electrons. The van der Waals surface area contributed by atoms with Crippen molar-refractivity contribution in [2.75, 3.05) is 25.0 Å². The molecule has 2 aliphatic rings. The predicted octanol–water partition coefficient (Wildman–Crippen LogP) is 4.28. The standard InChI is InChI=1S/C17H29N3S/c1-13(18-3)15-14(2)19-16(21-15)20-11-9-17(10-12-20)7-5-4-6-8-17/h13,18H,4-12H2,1-3H3. The van der Waals surface area contributed by atoms with Gasteiger partial charge in [0.15, 0.2) is 5.13 Å². The molecule has 2 heterocycles. The van der Waals surface area contributed by atoms with Crippen molar-refractivity contribution in [2.24, 2.45) is 5.41 Å². The van der Waals surface area contributed by atoms with E-state index in [0.29, 0.717) is 11.5 Å². The summed E-state index contributed by atoms with van der Waals surface area (Å²) in [5.41, 5.74) is 1.89. The molecule has 1 aliphatic carbocycles. The number of anilines is 1. The van der Waals surface area contributed by atoms with E-state index in [9.17, 15) is 0 Å². The molecule has 1 unspecified atom stereocenters. The number of aromatic nitrogens is 1. The highest BCUT2D eigenvalue weighted by Crippen LogP contribution is 2.45. The molecule has 0 aromatic carbocycles. The van der Waals surface area contributed by atoms with Gasteiger partial charge in [-0.1, -0.05) is 19.3 Å².